The molecule has 1 aliphatic heterocycles. The Bertz CT molecular complexity index is 492. The van der Waals surface area contributed by atoms with Gasteiger partial charge in [0.15, 0.2) is 11.5 Å². The molecule has 1 heterocycles. The molecule has 0 bridgehead atoms. The van der Waals surface area contributed by atoms with Crippen molar-refractivity contribution >= 4 is 0 Å². The summed E-state index contributed by atoms with van der Waals surface area (Å²) in [5.41, 5.74) is 0. The number of halogens is 4. The Morgan fingerprint density at radius 3 is 2.35 bits per heavy atom. The van der Waals surface area contributed by atoms with E-state index in [0.717, 1.165) is 12.1 Å². The molecule has 0 saturated heterocycles. The van der Waals surface area contributed by atoms with Crippen molar-refractivity contribution in [3.05, 3.63) is 18.2 Å². The molecular weight excluding hydrogens is 284 g/mol. The van der Waals surface area contributed by atoms with Gasteiger partial charge in [-0.25, -0.2) is 0 Å². The maximum Gasteiger partial charge on any atom is 0.507 e. The average Bonchev–Trinajstić information content (AvgIpc) is 2.36. The van der Waals surface area contributed by atoms with Crippen molar-refractivity contribution < 1.29 is 36.9 Å². The molecule has 1 atom stereocenters. The number of hydrogen-bond acceptors (Lipinski definition) is 4. The van der Waals surface area contributed by atoms with Crippen LogP contribution in [0, 0.1) is 0 Å². The molecule has 1 aromatic rings. The predicted molar refractivity (Wildman–Crippen MR) is 59.4 cm³/mol. The van der Waals surface area contributed by atoms with E-state index < -0.39 is 29.8 Å². The molecule has 1 aliphatic rings. The van der Waals surface area contributed by atoms with Crippen LogP contribution in [0.1, 0.15) is 13.3 Å². The third-order valence-electron chi connectivity index (χ3n) is 2.64. The van der Waals surface area contributed by atoms with Gasteiger partial charge in [-0.1, -0.05) is 6.92 Å². The first-order valence-electron chi connectivity index (χ1n) is 5.84. The lowest BCUT2D eigenvalue weighted by atomic mass is 10.2. The molecule has 20 heavy (non-hydrogen) atoms. The lowest BCUT2D eigenvalue weighted by Crippen LogP contribution is -2.52. The smallest absolute Gasteiger partial charge is 0.491 e. The van der Waals surface area contributed by atoms with Gasteiger partial charge in [0.2, 0.25) is 0 Å². The second-order valence-electron chi connectivity index (χ2n) is 4.22. The summed E-state index contributed by atoms with van der Waals surface area (Å²) >= 11 is 0. The van der Waals surface area contributed by atoms with Crippen LogP contribution < -0.4 is 14.2 Å². The maximum absolute atomic E-state index is 13.0. The van der Waals surface area contributed by atoms with Crippen molar-refractivity contribution in [2.24, 2.45) is 0 Å². The molecule has 0 fully saturated rings. The Balaban J connectivity index is 2.17. The molecular formula is C12H12F4O4. The number of aliphatic hydroxyl groups is 1. The van der Waals surface area contributed by atoms with E-state index in [4.69, 9.17) is 4.74 Å². The molecule has 112 valence electrons. The van der Waals surface area contributed by atoms with E-state index in [9.17, 15) is 22.7 Å². The van der Waals surface area contributed by atoms with Gasteiger partial charge >= 0.3 is 12.2 Å². The van der Waals surface area contributed by atoms with Crippen LogP contribution in [0.3, 0.4) is 0 Å². The summed E-state index contributed by atoms with van der Waals surface area (Å²) in [5.74, 6) is -0.963. The minimum atomic E-state index is -4.76. The Kier molecular flexibility index (Phi) is 3.68. The van der Waals surface area contributed by atoms with Crippen LogP contribution in [0.25, 0.3) is 0 Å². The molecule has 0 radical (unpaired) electrons. The molecule has 1 unspecified atom stereocenters. The molecule has 0 amide bonds. The SMILES string of the molecule is CCC(O)COc1ccc2c(c1)OC(F)(F)C(F)(F)O2. The number of aliphatic hydroxyl groups excluding tert-OH is 1. The van der Waals surface area contributed by atoms with Crippen LogP contribution in [-0.2, 0) is 0 Å². The van der Waals surface area contributed by atoms with Gasteiger partial charge in [-0.05, 0) is 18.6 Å². The van der Waals surface area contributed by atoms with Crippen molar-refractivity contribution in [3.63, 3.8) is 0 Å². The molecule has 0 aromatic heterocycles. The highest BCUT2D eigenvalue weighted by atomic mass is 19.3. The highest BCUT2D eigenvalue weighted by molar-refractivity contribution is 5.47. The van der Waals surface area contributed by atoms with E-state index in [-0.39, 0.29) is 12.4 Å². The molecule has 0 spiro atoms. The largest absolute Gasteiger partial charge is 0.507 e. The van der Waals surface area contributed by atoms with Crippen molar-refractivity contribution in [1.82, 2.24) is 0 Å². The van der Waals surface area contributed by atoms with E-state index in [1.807, 2.05) is 0 Å². The van der Waals surface area contributed by atoms with Crippen molar-refractivity contribution in [2.75, 3.05) is 6.61 Å². The van der Waals surface area contributed by atoms with Crippen molar-refractivity contribution in [2.45, 2.75) is 31.7 Å². The van der Waals surface area contributed by atoms with Crippen LogP contribution in [0.2, 0.25) is 0 Å². The number of hydrogen-bond donors (Lipinski definition) is 1. The highest BCUT2D eigenvalue weighted by Crippen LogP contribution is 2.47. The highest BCUT2D eigenvalue weighted by Gasteiger charge is 2.65. The fraction of sp³-hybridized carbons (Fsp3) is 0.500. The van der Waals surface area contributed by atoms with Crippen LogP contribution in [-0.4, -0.2) is 30.0 Å². The molecule has 2 rings (SSSR count). The standard InChI is InChI=1S/C12H12F4O4/c1-2-7(17)6-18-8-3-4-9-10(5-8)20-12(15,16)11(13,14)19-9/h3-5,7,17H,2,6H2,1H3. The van der Waals surface area contributed by atoms with Gasteiger partial charge in [0.25, 0.3) is 0 Å². The number of ether oxygens (including phenoxy) is 3. The van der Waals surface area contributed by atoms with Gasteiger partial charge in [0.1, 0.15) is 12.4 Å². The summed E-state index contributed by atoms with van der Waals surface area (Å²) in [6, 6.07) is 3.29. The van der Waals surface area contributed by atoms with Gasteiger partial charge in [-0.3, -0.25) is 0 Å². The minimum absolute atomic E-state index is 0.0529. The molecule has 1 N–H and O–H groups in total. The van der Waals surface area contributed by atoms with Gasteiger partial charge in [-0.2, -0.15) is 17.6 Å². The van der Waals surface area contributed by atoms with Crippen LogP contribution in [0.5, 0.6) is 17.2 Å². The lowest BCUT2D eigenvalue weighted by molar-refractivity contribution is -0.391. The zero-order valence-corrected chi connectivity index (χ0v) is 10.4. The quantitative estimate of drug-likeness (QED) is 0.868. The van der Waals surface area contributed by atoms with Crippen molar-refractivity contribution in [3.8, 4) is 17.2 Å². The average molecular weight is 296 g/mol. The Labute approximate surface area is 111 Å². The number of rotatable bonds is 4. The van der Waals surface area contributed by atoms with E-state index in [1.165, 1.54) is 6.07 Å². The van der Waals surface area contributed by atoms with Crippen molar-refractivity contribution in [1.29, 1.82) is 0 Å². The zero-order chi connectivity index (χ0) is 15.0. The Morgan fingerprint density at radius 1 is 1.15 bits per heavy atom. The topological polar surface area (TPSA) is 47.9 Å². The summed E-state index contributed by atoms with van der Waals surface area (Å²) < 4.78 is 64.8. The van der Waals surface area contributed by atoms with E-state index in [0.29, 0.717) is 6.42 Å². The third-order valence-corrected chi connectivity index (χ3v) is 2.64. The second kappa shape index (κ2) is 5.01. The third kappa shape index (κ3) is 2.74. The van der Waals surface area contributed by atoms with Gasteiger partial charge in [0.05, 0.1) is 6.10 Å². The van der Waals surface area contributed by atoms with E-state index >= 15 is 0 Å². The first-order valence-corrected chi connectivity index (χ1v) is 5.84. The first-order chi connectivity index (χ1) is 9.25. The molecule has 8 heteroatoms. The number of fused-ring (bicyclic) bond motifs is 1. The second-order valence-corrected chi connectivity index (χ2v) is 4.22. The normalized spacial score (nSPS) is 20.3. The lowest BCUT2D eigenvalue weighted by Gasteiger charge is -2.31. The molecule has 0 saturated carbocycles. The Morgan fingerprint density at radius 2 is 1.75 bits per heavy atom. The van der Waals surface area contributed by atoms with E-state index in [1.54, 1.807) is 6.92 Å². The fourth-order valence-corrected chi connectivity index (χ4v) is 1.45. The molecule has 0 aliphatic carbocycles. The predicted octanol–water partition coefficient (Wildman–Crippen LogP) is 2.79. The van der Waals surface area contributed by atoms with Gasteiger partial charge < -0.3 is 19.3 Å². The summed E-state index contributed by atoms with van der Waals surface area (Å²) in [7, 11) is 0. The molecule has 4 nitrogen and oxygen atoms in total. The monoisotopic (exact) mass is 296 g/mol. The zero-order valence-electron chi connectivity index (χ0n) is 10.4. The fourth-order valence-electron chi connectivity index (χ4n) is 1.45. The van der Waals surface area contributed by atoms with Crippen LogP contribution >= 0.6 is 0 Å². The number of benzene rings is 1. The van der Waals surface area contributed by atoms with Gasteiger partial charge in [-0.15, -0.1) is 0 Å². The summed E-state index contributed by atoms with van der Waals surface area (Å²) in [6.45, 7) is 1.68. The minimum Gasteiger partial charge on any atom is -0.491 e. The summed E-state index contributed by atoms with van der Waals surface area (Å²) in [6.07, 6.45) is -9.76. The maximum atomic E-state index is 13.0. The summed E-state index contributed by atoms with van der Waals surface area (Å²) in [4.78, 5) is 0. The Hall–Kier alpha value is -1.70. The van der Waals surface area contributed by atoms with Gasteiger partial charge in [0, 0.05) is 6.07 Å². The molecule has 1 aromatic carbocycles. The summed E-state index contributed by atoms with van der Waals surface area (Å²) in [5, 5.41) is 9.31. The number of alkyl halides is 4. The first kappa shape index (κ1) is 14.7. The van der Waals surface area contributed by atoms with Crippen LogP contribution in [0.15, 0.2) is 18.2 Å². The van der Waals surface area contributed by atoms with E-state index in [2.05, 4.69) is 9.47 Å². The van der Waals surface area contributed by atoms with Crippen LogP contribution in [0.4, 0.5) is 17.6 Å².